The minimum atomic E-state index is 0.00934. The van der Waals surface area contributed by atoms with E-state index >= 15 is 0 Å². The minimum Gasteiger partial charge on any atom is -0.334 e. The normalized spacial score (nSPS) is 24.7. The Bertz CT molecular complexity index is 483. The monoisotopic (exact) mass is 278 g/mol. The first-order chi connectivity index (χ1) is 9.69. The number of piperazine rings is 1. The van der Waals surface area contributed by atoms with Gasteiger partial charge >= 0.3 is 0 Å². The van der Waals surface area contributed by atoms with Crippen LogP contribution in [0.4, 0.5) is 0 Å². The second-order valence-corrected chi connectivity index (χ2v) is 5.69. The summed E-state index contributed by atoms with van der Waals surface area (Å²) in [6.45, 7) is 6.44. The highest BCUT2D eigenvalue weighted by Gasteiger charge is 2.29. The molecule has 2 fully saturated rings. The van der Waals surface area contributed by atoms with E-state index < -0.39 is 0 Å². The zero-order valence-electron chi connectivity index (χ0n) is 12.1. The van der Waals surface area contributed by atoms with Crippen LogP contribution in [-0.2, 0) is 0 Å². The Morgan fingerprint density at radius 3 is 2.90 bits per heavy atom. The number of hydrogen-bond acceptors (Lipinski definition) is 5. The minimum absolute atomic E-state index is 0.00934. The van der Waals surface area contributed by atoms with Crippen molar-refractivity contribution >= 4 is 5.91 Å². The number of rotatable bonds is 3. The van der Waals surface area contributed by atoms with Gasteiger partial charge < -0.3 is 10.2 Å². The Labute approximate surface area is 118 Å². The van der Waals surface area contributed by atoms with Crippen LogP contribution in [0.5, 0.6) is 0 Å². The largest absolute Gasteiger partial charge is 0.334 e. The number of nitrogens with one attached hydrogen (secondary N) is 1. The maximum atomic E-state index is 12.5. The number of amides is 1. The highest BCUT2D eigenvalue weighted by atomic mass is 16.2. The van der Waals surface area contributed by atoms with E-state index in [2.05, 4.69) is 34.5 Å². The van der Waals surface area contributed by atoms with Crippen LogP contribution in [0.3, 0.4) is 0 Å². The lowest BCUT2D eigenvalue weighted by Gasteiger charge is -2.38. The highest BCUT2D eigenvalue weighted by Crippen LogP contribution is 2.15. The van der Waals surface area contributed by atoms with Gasteiger partial charge in [0.1, 0.15) is 0 Å². The van der Waals surface area contributed by atoms with E-state index in [0.717, 1.165) is 39.1 Å². The van der Waals surface area contributed by atoms with Crippen molar-refractivity contribution in [1.29, 1.82) is 0 Å². The van der Waals surface area contributed by atoms with E-state index in [0.29, 0.717) is 17.8 Å². The number of nitrogens with zero attached hydrogens (tertiary/aromatic N) is 5. The van der Waals surface area contributed by atoms with Crippen molar-refractivity contribution in [2.75, 3.05) is 39.8 Å². The van der Waals surface area contributed by atoms with E-state index in [1.165, 1.54) is 0 Å². The van der Waals surface area contributed by atoms with Crippen molar-refractivity contribution in [2.24, 2.45) is 0 Å². The molecule has 0 radical (unpaired) electrons. The predicted octanol–water partition coefficient (Wildman–Crippen LogP) is -0.411. The zero-order chi connectivity index (χ0) is 14.1. The molecule has 0 aromatic carbocycles. The Kier molecular flexibility index (Phi) is 3.71. The number of carbonyl (C=O) groups is 1. The van der Waals surface area contributed by atoms with Crippen molar-refractivity contribution < 1.29 is 4.79 Å². The average molecular weight is 278 g/mol. The van der Waals surface area contributed by atoms with Crippen molar-refractivity contribution in [3.05, 3.63) is 11.9 Å². The molecule has 7 heteroatoms. The van der Waals surface area contributed by atoms with Gasteiger partial charge in [0.05, 0.1) is 12.2 Å². The first-order valence-corrected chi connectivity index (χ1v) is 7.31. The van der Waals surface area contributed by atoms with Gasteiger partial charge in [0.2, 0.25) is 0 Å². The molecule has 0 saturated carbocycles. The van der Waals surface area contributed by atoms with Gasteiger partial charge in [-0.05, 0) is 13.5 Å². The molecule has 2 aliphatic rings. The maximum Gasteiger partial charge on any atom is 0.276 e. The molecule has 1 atom stereocenters. The number of hydrogen-bond donors (Lipinski definition) is 1. The Hall–Kier alpha value is -1.47. The van der Waals surface area contributed by atoms with Crippen LogP contribution in [0.2, 0.25) is 0 Å². The smallest absolute Gasteiger partial charge is 0.276 e. The van der Waals surface area contributed by atoms with Gasteiger partial charge in [0, 0.05) is 38.8 Å². The van der Waals surface area contributed by atoms with Gasteiger partial charge in [-0.15, -0.1) is 5.10 Å². The molecule has 0 spiro atoms. The number of likely N-dealkylation sites (N-methyl/N-ethyl adjacent to an activating group) is 1. The molecular weight excluding hydrogens is 256 g/mol. The molecule has 110 valence electrons. The molecule has 20 heavy (non-hydrogen) atoms. The molecule has 2 saturated heterocycles. The average Bonchev–Trinajstić information content (AvgIpc) is 2.86. The second kappa shape index (κ2) is 5.49. The van der Waals surface area contributed by atoms with Crippen molar-refractivity contribution in [2.45, 2.75) is 25.4 Å². The summed E-state index contributed by atoms with van der Waals surface area (Å²) in [5.41, 5.74) is 0.469. The van der Waals surface area contributed by atoms with E-state index in [1.807, 2.05) is 4.90 Å². The van der Waals surface area contributed by atoms with E-state index in [-0.39, 0.29) is 5.91 Å². The molecule has 2 aliphatic heterocycles. The van der Waals surface area contributed by atoms with Gasteiger partial charge in [-0.25, -0.2) is 4.68 Å². The quantitative estimate of drug-likeness (QED) is 0.814. The molecule has 0 bridgehead atoms. The summed E-state index contributed by atoms with van der Waals surface area (Å²) in [6, 6.07) is 0.790. The van der Waals surface area contributed by atoms with Crippen LogP contribution in [0, 0.1) is 0 Å². The fraction of sp³-hybridized carbons (Fsp3) is 0.769. The molecule has 1 N–H and O–H groups in total. The van der Waals surface area contributed by atoms with E-state index in [1.54, 1.807) is 10.9 Å². The molecule has 7 nitrogen and oxygen atoms in total. The topological polar surface area (TPSA) is 66.3 Å². The second-order valence-electron chi connectivity index (χ2n) is 5.69. The van der Waals surface area contributed by atoms with Gasteiger partial charge in [0.15, 0.2) is 5.69 Å². The molecular formula is C13H22N6O. The van der Waals surface area contributed by atoms with Gasteiger partial charge in [0.25, 0.3) is 5.91 Å². The van der Waals surface area contributed by atoms with Crippen LogP contribution in [0.25, 0.3) is 0 Å². The summed E-state index contributed by atoms with van der Waals surface area (Å²) < 4.78 is 1.80. The molecule has 3 rings (SSSR count). The Morgan fingerprint density at radius 2 is 2.25 bits per heavy atom. The van der Waals surface area contributed by atoms with Crippen LogP contribution in [0.15, 0.2) is 6.20 Å². The number of aromatic nitrogens is 3. The predicted molar refractivity (Wildman–Crippen MR) is 74.5 cm³/mol. The summed E-state index contributed by atoms with van der Waals surface area (Å²) in [5.74, 6) is 0.00934. The first-order valence-electron chi connectivity index (χ1n) is 7.31. The van der Waals surface area contributed by atoms with Crippen molar-refractivity contribution in [3.8, 4) is 0 Å². The molecule has 0 aliphatic carbocycles. The third kappa shape index (κ3) is 2.43. The SMILES string of the molecule is CCC1CN(C(=O)c2cn(C3CNC3)nn2)CCN1C. The number of carbonyl (C=O) groups excluding carboxylic acids is 1. The lowest BCUT2D eigenvalue weighted by Crippen LogP contribution is -2.53. The van der Waals surface area contributed by atoms with Crippen molar-refractivity contribution in [1.82, 2.24) is 30.1 Å². The van der Waals surface area contributed by atoms with Gasteiger partial charge in [-0.1, -0.05) is 12.1 Å². The standard InChI is InChI=1S/C13H22N6O/c1-3-10-8-18(5-4-17(10)2)13(20)12-9-19(16-15-12)11-6-14-7-11/h9-11,14H,3-8H2,1-2H3. The highest BCUT2D eigenvalue weighted by molar-refractivity contribution is 5.92. The van der Waals surface area contributed by atoms with Crippen molar-refractivity contribution in [3.63, 3.8) is 0 Å². The summed E-state index contributed by atoms with van der Waals surface area (Å²) in [5, 5.41) is 11.3. The fourth-order valence-electron chi connectivity index (χ4n) is 2.75. The van der Waals surface area contributed by atoms with E-state index in [4.69, 9.17) is 0 Å². The van der Waals surface area contributed by atoms with Crippen LogP contribution in [0.1, 0.15) is 29.9 Å². The van der Waals surface area contributed by atoms with Crippen LogP contribution in [-0.4, -0.2) is 76.5 Å². The summed E-state index contributed by atoms with van der Waals surface area (Å²) in [6.07, 6.45) is 2.84. The maximum absolute atomic E-state index is 12.5. The molecule has 1 aromatic heterocycles. The van der Waals surface area contributed by atoms with E-state index in [9.17, 15) is 4.79 Å². The first kappa shape index (κ1) is 13.5. The van der Waals surface area contributed by atoms with Gasteiger partial charge in [-0.2, -0.15) is 0 Å². The van der Waals surface area contributed by atoms with Crippen LogP contribution < -0.4 is 5.32 Å². The molecule has 1 unspecified atom stereocenters. The van der Waals surface area contributed by atoms with Crippen LogP contribution >= 0.6 is 0 Å². The molecule has 1 amide bonds. The Morgan fingerprint density at radius 1 is 1.45 bits per heavy atom. The summed E-state index contributed by atoms with van der Waals surface area (Å²) in [4.78, 5) is 16.7. The molecule has 3 heterocycles. The summed E-state index contributed by atoms with van der Waals surface area (Å²) in [7, 11) is 2.12. The Balaban J connectivity index is 1.67. The summed E-state index contributed by atoms with van der Waals surface area (Å²) >= 11 is 0. The third-order valence-corrected chi connectivity index (χ3v) is 4.40. The third-order valence-electron chi connectivity index (χ3n) is 4.40. The van der Waals surface area contributed by atoms with Gasteiger partial charge in [-0.3, -0.25) is 9.69 Å². The lowest BCUT2D eigenvalue weighted by molar-refractivity contribution is 0.0536. The lowest BCUT2D eigenvalue weighted by atomic mass is 10.1. The zero-order valence-corrected chi connectivity index (χ0v) is 12.1. The molecule has 1 aromatic rings. The fourth-order valence-corrected chi connectivity index (χ4v) is 2.75.